The Balaban J connectivity index is 3.17. The van der Waals surface area contributed by atoms with E-state index < -0.39 is 32.8 Å². The van der Waals surface area contributed by atoms with Crippen LogP contribution in [0.4, 0.5) is 13.2 Å². The van der Waals surface area contributed by atoms with Crippen LogP contribution in [-0.2, 0) is 16.2 Å². The fourth-order valence-electron chi connectivity index (χ4n) is 1.24. The van der Waals surface area contributed by atoms with E-state index in [0.717, 1.165) is 12.1 Å². The lowest BCUT2D eigenvalue weighted by molar-refractivity contribution is -0.139. The van der Waals surface area contributed by atoms with Crippen LogP contribution in [0.2, 0.25) is 0 Å². The van der Waals surface area contributed by atoms with Crippen LogP contribution in [0.1, 0.15) is 12.5 Å². The van der Waals surface area contributed by atoms with E-state index in [4.69, 9.17) is 5.11 Å². The zero-order chi connectivity index (χ0) is 14.0. The predicted octanol–water partition coefficient (Wildman–Crippen LogP) is 1.36. The lowest BCUT2D eigenvalue weighted by atomic mass is 10.2. The standard InChI is InChI=1S/C10H12F3NO3S/c1-7(15)6-14-18(16,17)9-5-3-2-4-8(9)10(11,12)13/h2-5,7,14-15H,6H2,1H3. The van der Waals surface area contributed by atoms with Gasteiger partial charge < -0.3 is 5.11 Å². The quantitative estimate of drug-likeness (QED) is 0.877. The monoisotopic (exact) mass is 283 g/mol. The molecule has 0 amide bonds. The highest BCUT2D eigenvalue weighted by atomic mass is 32.2. The fourth-order valence-corrected chi connectivity index (χ4v) is 2.59. The van der Waals surface area contributed by atoms with Gasteiger partial charge in [0.25, 0.3) is 0 Å². The van der Waals surface area contributed by atoms with Gasteiger partial charge in [-0.3, -0.25) is 0 Å². The summed E-state index contributed by atoms with van der Waals surface area (Å²) in [4.78, 5) is -0.849. The van der Waals surface area contributed by atoms with Crippen molar-refractivity contribution in [2.45, 2.75) is 24.1 Å². The highest BCUT2D eigenvalue weighted by Crippen LogP contribution is 2.33. The number of sulfonamides is 1. The Morgan fingerprint density at radius 3 is 2.39 bits per heavy atom. The van der Waals surface area contributed by atoms with Crippen molar-refractivity contribution >= 4 is 10.0 Å². The zero-order valence-electron chi connectivity index (χ0n) is 9.40. The lowest BCUT2D eigenvalue weighted by Gasteiger charge is -2.14. The van der Waals surface area contributed by atoms with Crippen LogP contribution in [0, 0.1) is 0 Å². The van der Waals surface area contributed by atoms with E-state index in [1.165, 1.54) is 13.0 Å². The van der Waals surface area contributed by atoms with E-state index in [9.17, 15) is 21.6 Å². The molecule has 0 aliphatic rings. The Kier molecular flexibility index (Phi) is 4.36. The fraction of sp³-hybridized carbons (Fsp3) is 0.400. The van der Waals surface area contributed by atoms with Gasteiger partial charge in [-0.05, 0) is 19.1 Å². The van der Waals surface area contributed by atoms with Crippen molar-refractivity contribution in [1.82, 2.24) is 4.72 Å². The number of hydrogen-bond donors (Lipinski definition) is 2. The van der Waals surface area contributed by atoms with Crippen LogP contribution in [0.5, 0.6) is 0 Å². The number of alkyl halides is 3. The Morgan fingerprint density at radius 2 is 1.89 bits per heavy atom. The van der Waals surface area contributed by atoms with E-state index in [1.807, 2.05) is 4.72 Å². The van der Waals surface area contributed by atoms with Crippen LogP contribution < -0.4 is 4.72 Å². The van der Waals surface area contributed by atoms with Crippen LogP contribution >= 0.6 is 0 Å². The SMILES string of the molecule is CC(O)CNS(=O)(=O)c1ccccc1C(F)(F)F. The summed E-state index contributed by atoms with van der Waals surface area (Å²) in [5.74, 6) is 0. The zero-order valence-corrected chi connectivity index (χ0v) is 10.2. The minimum Gasteiger partial charge on any atom is -0.392 e. The van der Waals surface area contributed by atoms with Gasteiger partial charge in [0, 0.05) is 6.54 Å². The van der Waals surface area contributed by atoms with Crippen LogP contribution in [-0.4, -0.2) is 26.2 Å². The molecule has 1 unspecified atom stereocenters. The third kappa shape index (κ3) is 3.69. The van der Waals surface area contributed by atoms with Crippen LogP contribution in [0.15, 0.2) is 29.2 Å². The number of hydrogen-bond acceptors (Lipinski definition) is 3. The number of rotatable bonds is 4. The van der Waals surface area contributed by atoms with E-state index in [2.05, 4.69) is 0 Å². The number of aliphatic hydroxyl groups excluding tert-OH is 1. The molecule has 0 radical (unpaired) electrons. The first kappa shape index (κ1) is 14.9. The molecule has 0 saturated heterocycles. The molecule has 0 spiro atoms. The molecule has 0 aliphatic carbocycles. The predicted molar refractivity (Wildman–Crippen MR) is 58.3 cm³/mol. The minimum absolute atomic E-state index is 0.353. The highest BCUT2D eigenvalue weighted by molar-refractivity contribution is 7.89. The van der Waals surface area contributed by atoms with Gasteiger partial charge in [-0.2, -0.15) is 13.2 Å². The molecule has 0 heterocycles. The second-order valence-electron chi connectivity index (χ2n) is 3.69. The molecule has 0 saturated carbocycles. The van der Waals surface area contributed by atoms with Crippen LogP contribution in [0.3, 0.4) is 0 Å². The Bertz CT molecular complexity index is 511. The largest absolute Gasteiger partial charge is 0.417 e. The molecule has 1 aromatic carbocycles. The van der Waals surface area contributed by atoms with E-state index in [1.54, 1.807) is 0 Å². The van der Waals surface area contributed by atoms with Gasteiger partial charge in [-0.1, -0.05) is 12.1 Å². The van der Waals surface area contributed by atoms with Gasteiger partial charge in [-0.25, -0.2) is 13.1 Å². The first-order valence-electron chi connectivity index (χ1n) is 4.98. The summed E-state index contributed by atoms with van der Waals surface area (Å²) in [6.45, 7) is 0.965. The first-order chi connectivity index (χ1) is 8.14. The van der Waals surface area contributed by atoms with Crippen LogP contribution in [0.25, 0.3) is 0 Å². The summed E-state index contributed by atoms with van der Waals surface area (Å²) in [5.41, 5.74) is -1.23. The summed E-state index contributed by atoms with van der Waals surface area (Å²) >= 11 is 0. The smallest absolute Gasteiger partial charge is 0.392 e. The normalized spacial score (nSPS) is 14.5. The maximum absolute atomic E-state index is 12.6. The van der Waals surface area contributed by atoms with E-state index >= 15 is 0 Å². The second-order valence-corrected chi connectivity index (χ2v) is 5.43. The Hall–Kier alpha value is -1.12. The maximum atomic E-state index is 12.6. The Morgan fingerprint density at radius 1 is 1.33 bits per heavy atom. The minimum atomic E-state index is -4.75. The summed E-state index contributed by atoms with van der Waals surface area (Å²) in [7, 11) is -4.30. The molecule has 102 valence electrons. The molecule has 18 heavy (non-hydrogen) atoms. The van der Waals surface area contributed by atoms with Gasteiger partial charge in [0.15, 0.2) is 0 Å². The van der Waals surface area contributed by atoms with Gasteiger partial charge >= 0.3 is 6.18 Å². The molecule has 4 nitrogen and oxygen atoms in total. The topological polar surface area (TPSA) is 66.4 Å². The van der Waals surface area contributed by atoms with Crippen molar-refractivity contribution in [3.8, 4) is 0 Å². The van der Waals surface area contributed by atoms with E-state index in [0.29, 0.717) is 6.07 Å². The van der Waals surface area contributed by atoms with Crippen molar-refractivity contribution in [3.63, 3.8) is 0 Å². The number of benzene rings is 1. The lowest BCUT2D eigenvalue weighted by Crippen LogP contribution is -2.32. The van der Waals surface area contributed by atoms with E-state index in [-0.39, 0.29) is 6.54 Å². The summed E-state index contributed by atoms with van der Waals surface area (Å²) in [6.07, 6.45) is -5.74. The molecule has 0 fully saturated rings. The molecular formula is C10H12F3NO3S. The third-order valence-corrected chi connectivity index (χ3v) is 3.53. The van der Waals surface area contributed by atoms with Gasteiger partial charge in [-0.15, -0.1) is 0 Å². The summed E-state index contributed by atoms with van der Waals surface area (Å²) in [6, 6.07) is 3.87. The molecule has 1 aromatic rings. The number of halogens is 3. The molecule has 1 atom stereocenters. The van der Waals surface area contributed by atoms with Gasteiger partial charge in [0.2, 0.25) is 10.0 Å². The maximum Gasteiger partial charge on any atom is 0.417 e. The summed E-state index contributed by atoms with van der Waals surface area (Å²) in [5, 5.41) is 8.94. The van der Waals surface area contributed by atoms with Crippen molar-refractivity contribution in [1.29, 1.82) is 0 Å². The summed E-state index contributed by atoms with van der Waals surface area (Å²) < 4.78 is 63.2. The molecular weight excluding hydrogens is 271 g/mol. The first-order valence-corrected chi connectivity index (χ1v) is 6.47. The van der Waals surface area contributed by atoms with Crippen molar-refractivity contribution < 1.29 is 26.7 Å². The molecule has 0 aliphatic heterocycles. The van der Waals surface area contributed by atoms with Crippen molar-refractivity contribution in [2.75, 3.05) is 6.54 Å². The second kappa shape index (κ2) is 5.25. The third-order valence-electron chi connectivity index (χ3n) is 2.05. The van der Waals surface area contributed by atoms with Gasteiger partial charge in [0.1, 0.15) is 0 Å². The molecule has 1 rings (SSSR count). The molecule has 8 heteroatoms. The van der Waals surface area contributed by atoms with Gasteiger partial charge in [0.05, 0.1) is 16.6 Å². The molecule has 2 N–H and O–H groups in total. The Labute approximate surface area is 102 Å². The number of aliphatic hydroxyl groups is 1. The molecule has 0 bridgehead atoms. The highest BCUT2D eigenvalue weighted by Gasteiger charge is 2.36. The van der Waals surface area contributed by atoms with Crippen molar-refractivity contribution in [3.05, 3.63) is 29.8 Å². The van der Waals surface area contributed by atoms with Crippen molar-refractivity contribution in [2.24, 2.45) is 0 Å². The average Bonchev–Trinajstić information content (AvgIpc) is 2.25. The average molecular weight is 283 g/mol. The molecule has 0 aromatic heterocycles. The number of nitrogens with one attached hydrogen (secondary N) is 1.